The fraction of sp³-hybridized carbons (Fsp3) is 0.438. The fourth-order valence-electron chi connectivity index (χ4n) is 2.31. The van der Waals surface area contributed by atoms with Gasteiger partial charge in [-0.25, -0.2) is 5.43 Å². The number of hydrazone groups is 1. The predicted octanol–water partition coefficient (Wildman–Crippen LogP) is 2.62. The number of hydrogen-bond acceptors (Lipinski definition) is 4. The van der Waals surface area contributed by atoms with E-state index in [2.05, 4.69) is 17.5 Å². The summed E-state index contributed by atoms with van der Waals surface area (Å²) < 4.78 is 5.34. The van der Waals surface area contributed by atoms with Crippen LogP contribution in [0.3, 0.4) is 0 Å². The van der Waals surface area contributed by atoms with Gasteiger partial charge in [-0.05, 0) is 55.9 Å². The maximum Gasteiger partial charge on any atom is 0.277 e. The molecule has 110 valence electrons. The van der Waals surface area contributed by atoms with Crippen LogP contribution in [0.4, 0.5) is 0 Å². The zero-order chi connectivity index (χ0) is 15.1. The third-order valence-electron chi connectivity index (χ3n) is 3.44. The van der Waals surface area contributed by atoms with Crippen LogP contribution in [0, 0.1) is 17.2 Å². The molecule has 1 aromatic rings. The van der Waals surface area contributed by atoms with Crippen molar-refractivity contribution in [3.63, 3.8) is 0 Å². The van der Waals surface area contributed by atoms with E-state index in [4.69, 9.17) is 10.00 Å². The molecule has 1 saturated carbocycles. The number of carbonyl (C=O) groups is 1. The van der Waals surface area contributed by atoms with Crippen molar-refractivity contribution >= 4 is 11.6 Å². The summed E-state index contributed by atoms with van der Waals surface area (Å²) in [5.74, 6) is 0.928. The molecule has 21 heavy (non-hydrogen) atoms. The zero-order valence-corrected chi connectivity index (χ0v) is 12.1. The molecule has 0 aromatic heterocycles. The number of amides is 1. The Hall–Kier alpha value is -2.35. The Labute approximate surface area is 124 Å². The minimum Gasteiger partial charge on any atom is -0.484 e. The molecule has 1 N–H and O–H groups in total. The maximum atomic E-state index is 11.7. The summed E-state index contributed by atoms with van der Waals surface area (Å²) in [5, 5.41) is 12.9. The van der Waals surface area contributed by atoms with Crippen molar-refractivity contribution in [2.24, 2.45) is 11.0 Å². The van der Waals surface area contributed by atoms with Crippen molar-refractivity contribution in [3.05, 3.63) is 29.8 Å². The van der Waals surface area contributed by atoms with Crippen molar-refractivity contribution in [2.45, 2.75) is 32.6 Å². The average molecular weight is 285 g/mol. The molecule has 0 unspecified atom stereocenters. The summed E-state index contributed by atoms with van der Waals surface area (Å²) in [7, 11) is 0. The van der Waals surface area contributed by atoms with E-state index in [9.17, 15) is 4.79 Å². The van der Waals surface area contributed by atoms with Crippen LogP contribution in [0.5, 0.6) is 5.75 Å². The first-order chi connectivity index (χ1) is 10.2. The summed E-state index contributed by atoms with van der Waals surface area (Å²) >= 11 is 0. The van der Waals surface area contributed by atoms with Crippen molar-refractivity contribution < 1.29 is 9.53 Å². The monoisotopic (exact) mass is 285 g/mol. The quantitative estimate of drug-likeness (QED) is 0.864. The Kier molecular flexibility index (Phi) is 5.33. The van der Waals surface area contributed by atoms with Gasteiger partial charge in [0.2, 0.25) is 0 Å². The summed E-state index contributed by atoms with van der Waals surface area (Å²) in [4.78, 5) is 11.7. The van der Waals surface area contributed by atoms with Gasteiger partial charge in [-0.3, -0.25) is 4.79 Å². The Morgan fingerprint density at radius 1 is 1.48 bits per heavy atom. The van der Waals surface area contributed by atoms with Crippen LogP contribution in [0.15, 0.2) is 29.4 Å². The molecule has 0 bridgehead atoms. The van der Waals surface area contributed by atoms with E-state index in [1.807, 2.05) is 6.07 Å². The van der Waals surface area contributed by atoms with E-state index in [0.29, 0.717) is 17.2 Å². The number of nitrogens with zero attached hydrogens (tertiary/aromatic N) is 2. The molecule has 1 aliphatic carbocycles. The van der Waals surface area contributed by atoms with Crippen LogP contribution in [-0.4, -0.2) is 18.2 Å². The second-order valence-electron chi connectivity index (χ2n) is 5.34. The minimum atomic E-state index is -0.273. The highest BCUT2D eigenvalue weighted by molar-refractivity contribution is 5.87. The maximum absolute atomic E-state index is 11.7. The summed E-state index contributed by atoms with van der Waals surface area (Å²) in [6.45, 7) is 2.11. The summed E-state index contributed by atoms with van der Waals surface area (Å²) in [5.41, 5.74) is 4.15. The van der Waals surface area contributed by atoms with Crippen molar-refractivity contribution in [2.75, 3.05) is 6.61 Å². The van der Waals surface area contributed by atoms with Gasteiger partial charge in [-0.15, -0.1) is 0 Å². The molecule has 2 rings (SSSR count). The molecular weight excluding hydrogens is 266 g/mol. The Balaban J connectivity index is 1.76. The molecule has 1 amide bonds. The number of rotatable bonds is 4. The van der Waals surface area contributed by atoms with E-state index >= 15 is 0 Å². The Bertz CT molecular complexity index is 558. The molecule has 1 aromatic carbocycles. The normalized spacial score (nSPS) is 19.8. The largest absolute Gasteiger partial charge is 0.484 e. The van der Waals surface area contributed by atoms with Crippen molar-refractivity contribution in [3.8, 4) is 11.8 Å². The number of nitriles is 1. The topological polar surface area (TPSA) is 74.5 Å². The van der Waals surface area contributed by atoms with Crippen LogP contribution in [-0.2, 0) is 4.79 Å². The molecule has 0 radical (unpaired) electrons. The van der Waals surface area contributed by atoms with Crippen LogP contribution in [0.25, 0.3) is 0 Å². The SMILES string of the molecule is C[C@@H]1CCC/C(=N/NC(=O)COc2ccc(C#N)cc2)C1. The highest BCUT2D eigenvalue weighted by Crippen LogP contribution is 2.20. The molecular formula is C16H19N3O2. The van der Waals surface area contributed by atoms with Gasteiger partial charge in [0.25, 0.3) is 5.91 Å². The average Bonchev–Trinajstić information content (AvgIpc) is 2.51. The molecule has 0 aliphatic heterocycles. The lowest BCUT2D eigenvalue weighted by atomic mass is 9.89. The second kappa shape index (κ2) is 7.44. The molecule has 5 nitrogen and oxygen atoms in total. The minimum absolute atomic E-state index is 0.0851. The first-order valence-corrected chi connectivity index (χ1v) is 7.14. The number of ether oxygens (including phenoxy) is 1. The lowest BCUT2D eigenvalue weighted by molar-refractivity contribution is -0.123. The van der Waals surface area contributed by atoms with Crippen molar-refractivity contribution in [1.82, 2.24) is 5.43 Å². The van der Waals surface area contributed by atoms with E-state index in [1.165, 1.54) is 6.42 Å². The number of benzene rings is 1. The standard InChI is InChI=1S/C16H19N3O2/c1-12-3-2-4-14(9-12)18-19-16(20)11-21-15-7-5-13(10-17)6-8-15/h5-8,12H,2-4,9,11H2,1H3,(H,19,20)/b18-14-/t12-/m1/s1. The van der Waals surface area contributed by atoms with Crippen LogP contribution >= 0.6 is 0 Å². The fourth-order valence-corrected chi connectivity index (χ4v) is 2.31. The number of hydrogen-bond donors (Lipinski definition) is 1. The molecule has 5 heteroatoms. The van der Waals surface area contributed by atoms with Gasteiger partial charge in [0.1, 0.15) is 5.75 Å². The molecule has 1 atom stereocenters. The third-order valence-corrected chi connectivity index (χ3v) is 3.44. The predicted molar refractivity (Wildman–Crippen MR) is 79.9 cm³/mol. The highest BCUT2D eigenvalue weighted by Gasteiger charge is 2.14. The van der Waals surface area contributed by atoms with Crippen LogP contribution < -0.4 is 10.2 Å². The third kappa shape index (κ3) is 4.92. The van der Waals surface area contributed by atoms with E-state index in [-0.39, 0.29) is 12.5 Å². The van der Waals surface area contributed by atoms with Crippen molar-refractivity contribution in [1.29, 1.82) is 5.26 Å². The van der Waals surface area contributed by atoms with Gasteiger partial charge in [0.15, 0.2) is 6.61 Å². The molecule has 1 aliphatic rings. The summed E-state index contributed by atoms with van der Waals surface area (Å²) in [6.07, 6.45) is 4.28. The number of nitrogens with one attached hydrogen (secondary N) is 1. The molecule has 0 heterocycles. The van der Waals surface area contributed by atoms with E-state index in [0.717, 1.165) is 25.0 Å². The van der Waals surface area contributed by atoms with Gasteiger partial charge in [-0.1, -0.05) is 6.92 Å². The smallest absolute Gasteiger partial charge is 0.277 e. The van der Waals surface area contributed by atoms with Gasteiger partial charge >= 0.3 is 0 Å². The zero-order valence-electron chi connectivity index (χ0n) is 12.1. The molecule has 0 spiro atoms. The first kappa shape index (κ1) is 15.0. The van der Waals surface area contributed by atoms with E-state index in [1.54, 1.807) is 24.3 Å². The molecule has 1 fully saturated rings. The first-order valence-electron chi connectivity index (χ1n) is 7.14. The van der Waals surface area contributed by atoms with Crippen LogP contribution in [0.2, 0.25) is 0 Å². The van der Waals surface area contributed by atoms with Gasteiger partial charge in [-0.2, -0.15) is 10.4 Å². The summed E-state index contributed by atoms with van der Waals surface area (Å²) in [6, 6.07) is 8.66. The highest BCUT2D eigenvalue weighted by atomic mass is 16.5. The Morgan fingerprint density at radius 2 is 2.24 bits per heavy atom. The lowest BCUT2D eigenvalue weighted by Crippen LogP contribution is -2.27. The van der Waals surface area contributed by atoms with Gasteiger partial charge in [0, 0.05) is 5.71 Å². The van der Waals surface area contributed by atoms with Crippen LogP contribution in [0.1, 0.15) is 38.2 Å². The van der Waals surface area contributed by atoms with Gasteiger partial charge < -0.3 is 4.74 Å². The van der Waals surface area contributed by atoms with E-state index < -0.39 is 0 Å². The van der Waals surface area contributed by atoms with Gasteiger partial charge in [0.05, 0.1) is 11.6 Å². The number of carbonyl (C=O) groups excluding carboxylic acids is 1. The second-order valence-corrected chi connectivity index (χ2v) is 5.34. The Morgan fingerprint density at radius 3 is 2.90 bits per heavy atom. The lowest BCUT2D eigenvalue weighted by Gasteiger charge is -2.18. The molecule has 0 saturated heterocycles.